The Kier molecular flexibility index (Phi) is 4.67. The number of ketones is 1. The number of carbonyl (C=O) groups excluding carboxylic acids is 1. The predicted octanol–water partition coefficient (Wildman–Crippen LogP) is 4.20. The zero-order valence-electron chi connectivity index (χ0n) is 11.7. The van der Waals surface area contributed by atoms with E-state index in [0.29, 0.717) is 23.5 Å². The molecule has 96 valence electrons. The Hall–Kier alpha value is -1.62. The van der Waals surface area contributed by atoms with Crippen LogP contribution in [0.25, 0.3) is 0 Å². The molecule has 0 aliphatic heterocycles. The van der Waals surface area contributed by atoms with E-state index < -0.39 is 0 Å². The monoisotopic (exact) mass is 243 g/mol. The van der Waals surface area contributed by atoms with E-state index in [1.165, 1.54) is 0 Å². The van der Waals surface area contributed by atoms with Crippen LogP contribution in [0.4, 0.5) is 0 Å². The molecule has 2 heteroatoms. The van der Waals surface area contributed by atoms with Crippen molar-refractivity contribution < 1.29 is 4.79 Å². The largest absolute Gasteiger partial charge is 0.294 e. The molecule has 0 aliphatic carbocycles. The van der Waals surface area contributed by atoms with Gasteiger partial charge in [0.25, 0.3) is 0 Å². The first kappa shape index (κ1) is 14.4. The van der Waals surface area contributed by atoms with Gasteiger partial charge in [0.2, 0.25) is 0 Å². The quantitative estimate of drug-likeness (QED) is 0.743. The maximum atomic E-state index is 12.2. The predicted molar refractivity (Wildman–Crippen MR) is 73.3 cm³/mol. The Bertz CT molecular complexity index is 463. The fraction of sp³-hybridized carbons (Fsp3) is 0.500. The summed E-state index contributed by atoms with van der Waals surface area (Å²) < 4.78 is 0. The van der Waals surface area contributed by atoms with E-state index in [9.17, 15) is 4.79 Å². The van der Waals surface area contributed by atoms with Crippen LogP contribution in [0.3, 0.4) is 0 Å². The molecule has 0 saturated heterocycles. The average Bonchev–Trinajstić information content (AvgIpc) is 2.26. The van der Waals surface area contributed by atoms with Crippen LogP contribution < -0.4 is 0 Å². The molecule has 18 heavy (non-hydrogen) atoms. The normalized spacial score (nSPS) is 12.8. The van der Waals surface area contributed by atoms with Gasteiger partial charge in [-0.25, -0.2) is 0 Å². The molecular weight excluding hydrogens is 222 g/mol. The highest BCUT2D eigenvalue weighted by atomic mass is 16.1. The molecule has 0 aliphatic rings. The van der Waals surface area contributed by atoms with Crippen LogP contribution in [-0.2, 0) is 0 Å². The van der Waals surface area contributed by atoms with Gasteiger partial charge < -0.3 is 0 Å². The lowest BCUT2D eigenvalue weighted by Crippen LogP contribution is -2.15. The number of hydrogen-bond acceptors (Lipinski definition) is 2. The molecule has 0 fully saturated rings. The SMILES string of the molecule is CC(CC(=O)c1ccccc1C#N)CC(C)(C)C. The number of nitrogens with zero attached hydrogens (tertiary/aromatic N) is 1. The van der Waals surface area contributed by atoms with E-state index in [0.717, 1.165) is 6.42 Å². The highest BCUT2D eigenvalue weighted by Gasteiger charge is 2.19. The smallest absolute Gasteiger partial charge is 0.164 e. The lowest BCUT2D eigenvalue weighted by atomic mass is 9.82. The van der Waals surface area contributed by atoms with E-state index in [4.69, 9.17) is 5.26 Å². The average molecular weight is 243 g/mol. The number of rotatable bonds is 4. The highest BCUT2D eigenvalue weighted by Crippen LogP contribution is 2.27. The molecular formula is C16H21NO. The zero-order chi connectivity index (χ0) is 13.8. The molecule has 0 N–H and O–H groups in total. The third-order valence-electron chi connectivity index (χ3n) is 2.84. The Balaban J connectivity index is 2.75. The summed E-state index contributed by atoms with van der Waals surface area (Å²) in [5.74, 6) is 0.410. The highest BCUT2D eigenvalue weighted by molar-refractivity contribution is 5.98. The second-order valence-corrected chi connectivity index (χ2v) is 6.15. The van der Waals surface area contributed by atoms with Gasteiger partial charge in [0, 0.05) is 12.0 Å². The first-order valence-electron chi connectivity index (χ1n) is 6.36. The van der Waals surface area contributed by atoms with Gasteiger partial charge in [0.15, 0.2) is 5.78 Å². The summed E-state index contributed by atoms with van der Waals surface area (Å²) in [7, 11) is 0. The molecule has 0 spiro atoms. The minimum Gasteiger partial charge on any atom is -0.294 e. The molecule has 0 saturated carbocycles. The fourth-order valence-corrected chi connectivity index (χ4v) is 2.37. The second-order valence-electron chi connectivity index (χ2n) is 6.15. The van der Waals surface area contributed by atoms with Gasteiger partial charge in [-0.05, 0) is 23.8 Å². The summed E-state index contributed by atoms with van der Waals surface area (Å²) >= 11 is 0. The summed E-state index contributed by atoms with van der Waals surface area (Å²) in [6.45, 7) is 8.63. The van der Waals surface area contributed by atoms with Gasteiger partial charge in [0.05, 0.1) is 11.6 Å². The maximum absolute atomic E-state index is 12.2. The number of benzene rings is 1. The van der Waals surface area contributed by atoms with E-state index in [1.54, 1.807) is 18.2 Å². The summed E-state index contributed by atoms with van der Waals surface area (Å²) in [6.07, 6.45) is 1.52. The zero-order valence-corrected chi connectivity index (χ0v) is 11.7. The summed E-state index contributed by atoms with van der Waals surface area (Å²) in [5, 5.41) is 8.99. The number of carbonyl (C=O) groups is 1. The lowest BCUT2D eigenvalue weighted by molar-refractivity contribution is 0.0954. The van der Waals surface area contributed by atoms with E-state index in [2.05, 4.69) is 33.8 Å². The Labute approximate surface area is 110 Å². The minimum atomic E-state index is 0.0731. The van der Waals surface area contributed by atoms with Crippen molar-refractivity contribution in [3.05, 3.63) is 35.4 Å². The molecule has 1 unspecified atom stereocenters. The van der Waals surface area contributed by atoms with Crippen LogP contribution >= 0.6 is 0 Å². The molecule has 1 aromatic carbocycles. The van der Waals surface area contributed by atoms with Crippen LogP contribution in [0, 0.1) is 22.7 Å². The molecule has 2 nitrogen and oxygen atoms in total. The number of hydrogen-bond donors (Lipinski definition) is 0. The Morgan fingerprint density at radius 3 is 2.50 bits per heavy atom. The van der Waals surface area contributed by atoms with Crippen molar-refractivity contribution >= 4 is 5.78 Å². The van der Waals surface area contributed by atoms with Gasteiger partial charge in [-0.1, -0.05) is 45.9 Å². The molecule has 0 radical (unpaired) electrons. The molecule has 1 atom stereocenters. The first-order valence-corrected chi connectivity index (χ1v) is 6.36. The van der Waals surface area contributed by atoms with Crippen molar-refractivity contribution in [2.75, 3.05) is 0 Å². The van der Waals surface area contributed by atoms with E-state index >= 15 is 0 Å². The van der Waals surface area contributed by atoms with Crippen LogP contribution in [0.2, 0.25) is 0 Å². The van der Waals surface area contributed by atoms with E-state index in [1.807, 2.05) is 6.07 Å². The third-order valence-corrected chi connectivity index (χ3v) is 2.84. The van der Waals surface area contributed by atoms with Gasteiger partial charge in [-0.2, -0.15) is 5.26 Å². The second kappa shape index (κ2) is 5.82. The Morgan fingerprint density at radius 2 is 1.94 bits per heavy atom. The van der Waals surface area contributed by atoms with Crippen molar-refractivity contribution in [1.29, 1.82) is 5.26 Å². The number of Topliss-reactive ketones (excluding diaryl/α,β-unsaturated/α-hetero) is 1. The fourth-order valence-electron chi connectivity index (χ4n) is 2.37. The lowest BCUT2D eigenvalue weighted by Gasteiger charge is -2.22. The number of nitriles is 1. The molecule has 1 aromatic rings. The standard InChI is InChI=1S/C16H21NO/c1-12(10-16(2,3)4)9-15(18)14-8-6-5-7-13(14)11-17/h5-8,12H,9-10H2,1-4H3. The molecule has 0 heterocycles. The van der Waals surface area contributed by atoms with Gasteiger partial charge in [-0.3, -0.25) is 4.79 Å². The molecule has 0 amide bonds. The third kappa shape index (κ3) is 4.33. The van der Waals surface area contributed by atoms with Crippen LogP contribution in [0.1, 0.15) is 56.5 Å². The minimum absolute atomic E-state index is 0.0731. The van der Waals surface area contributed by atoms with Crippen LogP contribution in [-0.4, -0.2) is 5.78 Å². The molecule has 0 aromatic heterocycles. The molecule has 0 bridgehead atoms. The van der Waals surface area contributed by atoms with Crippen LogP contribution in [0.15, 0.2) is 24.3 Å². The summed E-state index contributed by atoms with van der Waals surface area (Å²) in [4.78, 5) is 12.2. The van der Waals surface area contributed by atoms with Crippen molar-refractivity contribution in [3.8, 4) is 6.07 Å². The Morgan fingerprint density at radius 1 is 1.33 bits per heavy atom. The van der Waals surface area contributed by atoms with Crippen molar-refractivity contribution in [1.82, 2.24) is 0 Å². The summed E-state index contributed by atoms with van der Waals surface area (Å²) in [5.41, 5.74) is 1.26. The van der Waals surface area contributed by atoms with Crippen molar-refractivity contribution in [2.24, 2.45) is 11.3 Å². The van der Waals surface area contributed by atoms with Gasteiger partial charge in [-0.15, -0.1) is 0 Å². The maximum Gasteiger partial charge on any atom is 0.164 e. The van der Waals surface area contributed by atoms with Crippen LogP contribution in [0.5, 0.6) is 0 Å². The first-order chi connectivity index (χ1) is 8.33. The van der Waals surface area contributed by atoms with Gasteiger partial charge >= 0.3 is 0 Å². The van der Waals surface area contributed by atoms with E-state index in [-0.39, 0.29) is 11.2 Å². The van der Waals surface area contributed by atoms with Crippen molar-refractivity contribution in [3.63, 3.8) is 0 Å². The topological polar surface area (TPSA) is 40.9 Å². The summed E-state index contributed by atoms with van der Waals surface area (Å²) in [6, 6.07) is 9.11. The molecule has 1 rings (SSSR count). The van der Waals surface area contributed by atoms with Gasteiger partial charge in [0.1, 0.15) is 0 Å². The van der Waals surface area contributed by atoms with Crippen molar-refractivity contribution in [2.45, 2.75) is 40.5 Å².